The Kier molecular flexibility index (Phi) is 4.88. The lowest BCUT2D eigenvalue weighted by molar-refractivity contribution is -0.137. The van der Waals surface area contributed by atoms with Crippen molar-refractivity contribution in [3.05, 3.63) is 35.4 Å². The van der Waals surface area contributed by atoms with E-state index in [9.17, 15) is 18.4 Å². The zero-order chi connectivity index (χ0) is 15.4. The first-order valence-electron chi connectivity index (χ1n) is 6.92. The van der Waals surface area contributed by atoms with Crippen molar-refractivity contribution >= 4 is 11.9 Å². The van der Waals surface area contributed by atoms with Crippen molar-refractivity contribution < 1.29 is 23.5 Å². The molecule has 1 aromatic carbocycles. The molecule has 2 N–H and O–H groups in total. The second-order valence-corrected chi connectivity index (χ2v) is 5.37. The number of nitrogens with one attached hydrogen (secondary N) is 1. The molecule has 21 heavy (non-hydrogen) atoms. The number of amides is 1. The molecule has 2 rings (SSSR count). The van der Waals surface area contributed by atoms with Gasteiger partial charge in [0.05, 0.1) is 12.5 Å². The summed E-state index contributed by atoms with van der Waals surface area (Å²) in [6.45, 7) is 0. The van der Waals surface area contributed by atoms with Gasteiger partial charge in [-0.25, -0.2) is 8.78 Å². The molecule has 0 spiro atoms. The zero-order valence-corrected chi connectivity index (χ0v) is 11.4. The Labute approximate surface area is 121 Å². The van der Waals surface area contributed by atoms with Gasteiger partial charge in [-0.3, -0.25) is 9.59 Å². The van der Waals surface area contributed by atoms with Gasteiger partial charge in [-0.2, -0.15) is 0 Å². The fraction of sp³-hybridized carbons (Fsp3) is 0.467. The Morgan fingerprint density at radius 1 is 1.33 bits per heavy atom. The van der Waals surface area contributed by atoms with E-state index in [0.717, 1.165) is 25.3 Å². The number of hydrogen-bond donors (Lipinski definition) is 2. The summed E-state index contributed by atoms with van der Waals surface area (Å²) in [7, 11) is 0. The van der Waals surface area contributed by atoms with Gasteiger partial charge in [0.15, 0.2) is 0 Å². The molecule has 1 fully saturated rings. The normalized spacial score (nSPS) is 15.5. The van der Waals surface area contributed by atoms with Crippen LogP contribution in [0.2, 0.25) is 0 Å². The van der Waals surface area contributed by atoms with Crippen LogP contribution in [0.25, 0.3) is 0 Å². The SMILES string of the molecule is O=C(O)C[C@H](NC(=O)CCC1CC1)c1ccc(F)cc1F. The van der Waals surface area contributed by atoms with Crippen LogP contribution in [0.4, 0.5) is 8.78 Å². The lowest BCUT2D eigenvalue weighted by Gasteiger charge is -2.18. The Morgan fingerprint density at radius 3 is 2.62 bits per heavy atom. The molecule has 1 aliphatic rings. The summed E-state index contributed by atoms with van der Waals surface area (Å²) >= 11 is 0. The number of carboxylic acids is 1. The Bertz CT molecular complexity index is 544. The van der Waals surface area contributed by atoms with Gasteiger partial charge >= 0.3 is 5.97 Å². The average molecular weight is 297 g/mol. The maximum absolute atomic E-state index is 13.7. The topological polar surface area (TPSA) is 66.4 Å². The second-order valence-electron chi connectivity index (χ2n) is 5.37. The summed E-state index contributed by atoms with van der Waals surface area (Å²) in [6.07, 6.45) is 2.86. The maximum Gasteiger partial charge on any atom is 0.305 e. The molecule has 0 saturated heterocycles. The molecule has 0 bridgehead atoms. The van der Waals surface area contributed by atoms with Crippen LogP contribution in [-0.4, -0.2) is 17.0 Å². The van der Waals surface area contributed by atoms with Crippen LogP contribution < -0.4 is 5.32 Å². The van der Waals surface area contributed by atoms with Crippen molar-refractivity contribution in [2.75, 3.05) is 0 Å². The third-order valence-electron chi connectivity index (χ3n) is 3.53. The number of halogens is 2. The number of carbonyl (C=O) groups excluding carboxylic acids is 1. The van der Waals surface area contributed by atoms with Crippen molar-refractivity contribution in [1.29, 1.82) is 0 Å². The minimum absolute atomic E-state index is 0.0152. The molecule has 0 aromatic heterocycles. The highest BCUT2D eigenvalue weighted by atomic mass is 19.1. The number of carboxylic acid groups (broad SMARTS) is 1. The number of rotatable bonds is 7. The molecule has 4 nitrogen and oxygen atoms in total. The number of carbonyl (C=O) groups is 2. The van der Waals surface area contributed by atoms with E-state index in [4.69, 9.17) is 5.11 Å². The molecule has 0 radical (unpaired) electrons. The van der Waals surface area contributed by atoms with Crippen molar-refractivity contribution in [2.24, 2.45) is 5.92 Å². The van der Waals surface area contributed by atoms with Crippen LogP contribution in [0.5, 0.6) is 0 Å². The predicted octanol–water partition coefficient (Wildman–Crippen LogP) is 2.79. The molecule has 114 valence electrons. The van der Waals surface area contributed by atoms with Crippen LogP contribution in [-0.2, 0) is 9.59 Å². The lowest BCUT2D eigenvalue weighted by Crippen LogP contribution is -2.30. The van der Waals surface area contributed by atoms with Crippen molar-refractivity contribution in [2.45, 2.75) is 38.1 Å². The number of benzene rings is 1. The fourth-order valence-electron chi connectivity index (χ4n) is 2.21. The molecule has 6 heteroatoms. The van der Waals surface area contributed by atoms with Crippen molar-refractivity contribution in [1.82, 2.24) is 5.32 Å². The molecular weight excluding hydrogens is 280 g/mol. The smallest absolute Gasteiger partial charge is 0.305 e. The van der Waals surface area contributed by atoms with Gasteiger partial charge in [-0.1, -0.05) is 18.9 Å². The lowest BCUT2D eigenvalue weighted by atomic mass is 10.0. The van der Waals surface area contributed by atoms with E-state index in [1.807, 2.05) is 0 Å². The van der Waals surface area contributed by atoms with Crippen LogP contribution >= 0.6 is 0 Å². The molecule has 1 saturated carbocycles. The van der Waals surface area contributed by atoms with E-state index in [1.54, 1.807) is 0 Å². The Hall–Kier alpha value is -1.98. The van der Waals surface area contributed by atoms with Gasteiger partial charge in [0.2, 0.25) is 5.91 Å². The quantitative estimate of drug-likeness (QED) is 0.813. The van der Waals surface area contributed by atoms with Gasteiger partial charge in [0.1, 0.15) is 11.6 Å². The van der Waals surface area contributed by atoms with E-state index in [2.05, 4.69) is 5.32 Å². The maximum atomic E-state index is 13.7. The molecule has 1 amide bonds. The third-order valence-corrected chi connectivity index (χ3v) is 3.53. The molecule has 0 heterocycles. The second kappa shape index (κ2) is 6.65. The first-order chi connectivity index (χ1) is 9.95. The van der Waals surface area contributed by atoms with E-state index < -0.39 is 30.1 Å². The van der Waals surface area contributed by atoms with E-state index >= 15 is 0 Å². The van der Waals surface area contributed by atoms with Gasteiger partial charge < -0.3 is 10.4 Å². The van der Waals surface area contributed by atoms with Crippen LogP contribution in [0.3, 0.4) is 0 Å². The standard InChI is InChI=1S/C15H17F2NO3/c16-10-4-5-11(12(17)7-10)13(8-15(20)21)18-14(19)6-3-9-1-2-9/h4-5,7,9,13H,1-3,6,8H2,(H,18,19)(H,20,21)/t13-/m0/s1. The van der Waals surface area contributed by atoms with Crippen molar-refractivity contribution in [3.8, 4) is 0 Å². The highest BCUT2D eigenvalue weighted by molar-refractivity contribution is 5.77. The Morgan fingerprint density at radius 2 is 2.05 bits per heavy atom. The minimum Gasteiger partial charge on any atom is -0.481 e. The largest absolute Gasteiger partial charge is 0.481 e. The van der Waals surface area contributed by atoms with E-state index in [-0.39, 0.29) is 11.5 Å². The van der Waals surface area contributed by atoms with Gasteiger partial charge in [-0.05, 0) is 18.4 Å². The van der Waals surface area contributed by atoms with E-state index in [1.165, 1.54) is 6.07 Å². The fourth-order valence-corrected chi connectivity index (χ4v) is 2.21. The average Bonchev–Trinajstić information content (AvgIpc) is 3.19. The van der Waals surface area contributed by atoms with Crippen molar-refractivity contribution in [3.63, 3.8) is 0 Å². The third kappa shape index (κ3) is 4.81. The first kappa shape index (κ1) is 15.4. The molecule has 0 aliphatic heterocycles. The van der Waals surface area contributed by atoms with Gasteiger partial charge in [-0.15, -0.1) is 0 Å². The molecule has 0 unspecified atom stereocenters. The van der Waals surface area contributed by atoms with Crippen LogP contribution in [0.15, 0.2) is 18.2 Å². The summed E-state index contributed by atoms with van der Waals surface area (Å²) < 4.78 is 26.7. The summed E-state index contributed by atoms with van der Waals surface area (Å²) in [6, 6.07) is 1.90. The highest BCUT2D eigenvalue weighted by Gasteiger charge is 2.24. The minimum atomic E-state index is -1.16. The van der Waals surface area contributed by atoms with Gasteiger partial charge in [0.25, 0.3) is 0 Å². The summed E-state index contributed by atoms with van der Waals surface area (Å²) in [5, 5.41) is 11.4. The Balaban J connectivity index is 2.05. The van der Waals surface area contributed by atoms with Gasteiger partial charge in [0, 0.05) is 18.1 Å². The number of aliphatic carboxylic acids is 1. The summed E-state index contributed by atoms with van der Waals surface area (Å²) in [4.78, 5) is 22.7. The molecule has 1 aromatic rings. The molecule has 1 aliphatic carbocycles. The summed E-state index contributed by atoms with van der Waals surface area (Å²) in [5.74, 6) is -2.49. The van der Waals surface area contributed by atoms with E-state index in [0.29, 0.717) is 18.4 Å². The first-order valence-corrected chi connectivity index (χ1v) is 6.92. The number of hydrogen-bond acceptors (Lipinski definition) is 2. The predicted molar refractivity (Wildman–Crippen MR) is 71.5 cm³/mol. The van der Waals surface area contributed by atoms with Crippen LogP contribution in [0.1, 0.15) is 43.7 Å². The molecular formula is C15H17F2NO3. The highest BCUT2D eigenvalue weighted by Crippen LogP contribution is 2.33. The molecule has 1 atom stereocenters. The monoisotopic (exact) mass is 297 g/mol. The van der Waals surface area contributed by atoms with Crippen LogP contribution in [0, 0.1) is 17.6 Å². The zero-order valence-electron chi connectivity index (χ0n) is 11.4. The summed E-state index contributed by atoms with van der Waals surface area (Å²) in [5.41, 5.74) is -0.0152.